The standard InChI is InChI=1S/C13H19NO4S/c1-10-8-12(4-5-13(10)17-3)19(15,16)14-6-7-18-11(2)9-14/h4-5,8,11H,6-7,9H2,1-3H3. The molecule has 1 atom stereocenters. The van der Waals surface area contributed by atoms with Crippen molar-refractivity contribution in [1.29, 1.82) is 0 Å². The minimum Gasteiger partial charge on any atom is -0.496 e. The van der Waals surface area contributed by atoms with Crippen LogP contribution in [0.5, 0.6) is 5.75 Å². The quantitative estimate of drug-likeness (QED) is 0.842. The second-order valence-corrected chi connectivity index (χ2v) is 6.61. The van der Waals surface area contributed by atoms with E-state index >= 15 is 0 Å². The van der Waals surface area contributed by atoms with Gasteiger partial charge in [0.2, 0.25) is 10.0 Å². The van der Waals surface area contributed by atoms with Crippen LogP contribution in [0, 0.1) is 6.92 Å². The van der Waals surface area contributed by atoms with Gasteiger partial charge in [-0.05, 0) is 37.6 Å². The van der Waals surface area contributed by atoms with Gasteiger partial charge in [0.15, 0.2) is 0 Å². The first kappa shape index (κ1) is 14.3. The number of morpholine rings is 1. The monoisotopic (exact) mass is 285 g/mol. The molecule has 19 heavy (non-hydrogen) atoms. The largest absolute Gasteiger partial charge is 0.496 e. The molecule has 1 unspecified atom stereocenters. The van der Waals surface area contributed by atoms with Crippen molar-refractivity contribution in [3.8, 4) is 5.75 Å². The first-order valence-electron chi connectivity index (χ1n) is 6.21. The van der Waals surface area contributed by atoms with Crippen LogP contribution in [-0.4, -0.2) is 45.6 Å². The average Bonchev–Trinajstić information content (AvgIpc) is 2.38. The number of hydrogen-bond donors (Lipinski definition) is 0. The third-order valence-corrected chi connectivity index (χ3v) is 5.07. The van der Waals surface area contributed by atoms with E-state index in [2.05, 4.69) is 0 Å². The molecular weight excluding hydrogens is 266 g/mol. The van der Waals surface area contributed by atoms with E-state index in [1.165, 1.54) is 4.31 Å². The molecule has 1 aliphatic rings. The molecule has 2 rings (SSSR count). The highest BCUT2D eigenvalue weighted by atomic mass is 32.2. The summed E-state index contributed by atoms with van der Waals surface area (Å²) in [5, 5.41) is 0. The van der Waals surface area contributed by atoms with Gasteiger partial charge in [0.25, 0.3) is 0 Å². The molecule has 0 saturated carbocycles. The maximum Gasteiger partial charge on any atom is 0.243 e. The van der Waals surface area contributed by atoms with Gasteiger partial charge in [-0.25, -0.2) is 8.42 Å². The molecule has 1 saturated heterocycles. The third-order valence-electron chi connectivity index (χ3n) is 3.21. The summed E-state index contributed by atoms with van der Waals surface area (Å²) in [5.74, 6) is 0.689. The van der Waals surface area contributed by atoms with Gasteiger partial charge in [-0.15, -0.1) is 0 Å². The zero-order valence-electron chi connectivity index (χ0n) is 11.4. The van der Waals surface area contributed by atoms with Crippen molar-refractivity contribution >= 4 is 10.0 Å². The van der Waals surface area contributed by atoms with Crippen molar-refractivity contribution in [2.75, 3.05) is 26.8 Å². The van der Waals surface area contributed by atoms with Crippen molar-refractivity contribution in [2.24, 2.45) is 0 Å². The van der Waals surface area contributed by atoms with Gasteiger partial charge >= 0.3 is 0 Å². The molecule has 1 heterocycles. The predicted molar refractivity (Wildman–Crippen MR) is 71.9 cm³/mol. The van der Waals surface area contributed by atoms with Crippen LogP contribution in [0.1, 0.15) is 12.5 Å². The lowest BCUT2D eigenvalue weighted by Gasteiger charge is -2.30. The first-order chi connectivity index (χ1) is 8.95. The molecule has 0 N–H and O–H groups in total. The second-order valence-electron chi connectivity index (χ2n) is 4.68. The molecule has 0 spiro atoms. The summed E-state index contributed by atoms with van der Waals surface area (Å²) in [6.45, 7) is 4.95. The van der Waals surface area contributed by atoms with Gasteiger partial charge in [0.1, 0.15) is 5.75 Å². The maximum atomic E-state index is 12.5. The van der Waals surface area contributed by atoms with E-state index in [1.807, 2.05) is 13.8 Å². The third kappa shape index (κ3) is 2.91. The Morgan fingerprint density at radius 3 is 2.74 bits per heavy atom. The zero-order valence-corrected chi connectivity index (χ0v) is 12.2. The van der Waals surface area contributed by atoms with Gasteiger partial charge in [0, 0.05) is 13.1 Å². The summed E-state index contributed by atoms with van der Waals surface area (Å²) in [5.41, 5.74) is 0.810. The van der Waals surface area contributed by atoms with E-state index in [4.69, 9.17) is 9.47 Å². The van der Waals surface area contributed by atoms with Crippen molar-refractivity contribution in [3.63, 3.8) is 0 Å². The van der Waals surface area contributed by atoms with Crippen LogP contribution in [0.2, 0.25) is 0 Å². The number of hydrogen-bond acceptors (Lipinski definition) is 4. The van der Waals surface area contributed by atoms with Crippen LogP contribution in [0.25, 0.3) is 0 Å². The smallest absolute Gasteiger partial charge is 0.243 e. The Morgan fingerprint density at radius 2 is 2.16 bits per heavy atom. The molecule has 0 aliphatic carbocycles. The minimum atomic E-state index is -3.44. The van der Waals surface area contributed by atoms with Crippen LogP contribution in [0.15, 0.2) is 23.1 Å². The summed E-state index contributed by atoms with van der Waals surface area (Å²) in [6, 6.07) is 4.92. The molecular formula is C13H19NO4S. The Morgan fingerprint density at radius 1 is 1.42 bits per heavy atom. The van der Waals surface area contributed by atoms with E-state index in [-0.39, 0.29) is 6.10 Å². The molecule has 106 valence electrons. The summed E-state index contributed by atoms with van der Waals surface area (Å²) in [6.07, 6.45) is -0.0668. The summed E-state index contributed by atoms with van der Waals surface area (Å²) >= 11 is 0. The molecule has 1 aliphatic heterocycles. The maximum absolute atomic E-state index is 12.5. The van der Waals surface area contributed by atoms with Crippen molar-refractivity contribution < 1.29 is 17.9 Å². The van der Waals surface area contributed by atoms with Gasteiger partial charge in [0.05, 0.1) is 24.7 Å². The van der Waals surface area contributed by atoms with Crippen molar-refractivity contribution in [1.82, 2.24) is 4.31 Å². The molecule has 5 nitrogen and oxygen atoms in total. The van der Waals surface area contributed by atoms with Crippen LogP contribution < -0.4 is 4.74 Å². The molecule has 0 amide bonds. The lowest BCUT2D eigenvalue weighted by molar-refractivity contribution is 0.0102. The molecule has 0 bridgehead atoms. The summed E-state index contributed by atoms with van der Waals surface area (Å²) < 4.78 is 37.0. The second kappa shape index (κ2) is 5.48. The van der Waals surface area contributed by atoms with Crippen LogP contribution in [0.4, 0.5) is 0 Å². The number of rotatable bonds is 3. The highest BCUT2D eigenvalue weighted by Crippen LogP contribution is 2.24. The predicted octanol–water partition coefficient (Wildman–Crippen LogP) is 1.41. The normalized spacial score (nSPS) is 21.3. The van der Waals surface area contributed by atoms with Crippen LogP contribution in [-0.2, 0) is 14.8 Å². The van der Waals surface area contributed by atoms with Gasteiger partial charge < -0.3 is 9.47 Å². The van der Waals surface area contributed by atoms with Crippen molar-refractivity contribution in [2.45, 2.75) is 24.8 Å². The first-order valence-corrected chi connectivity index (χ1v) is 7.65. The molecule has 0 radical (unpaired) electrons. The van der Waals surface area contributed by atoms with E-state index in [9.17, 15) is 8.42 Å². The fourth-order valence-corrected chi connectivity index (χ4v) is 3.75. The number of ether oxygens (including phenoxy) is 2. The molecule has 1 aromatic carbocycles. The van der Waals surface area contributed by atoms with Gasteiger partial charge in [-0.2, -0.15) is 4.31 Å². The van der Waals surface area contributed by atoms with E-state index in [1.54, 1.807) is 25.3 Å². The highest BCUT2D eigenvalue weighted by molar-refractivity contribution is 7.89. The van der Waals surface area contributed by atoms with E-state index in [0.717, 1.165) is 5.56 Å². The molecule has 1 fully saturated rings. The molecule has 1 aromatic rings. The average molecular weight is 285 g/mol. The summed E-state index contributed by atoms with van der Waals surface area (Å²) in [7, 11) is -1.88. The fraction of sp³-hybridized carbons (Fsp3) is 0.538. The lowest BCUT2D eigenvalue weighted by Crippen LogP contribution is -2.44. The van der Waals surface area contributed by atoms with Crippen LogP contribution in [0.3, 0.4) is 0 Å². The number of aryl methyl sites for hydroxylation is 1. The SMILES string of the molecule is COc1ccc(S(=O)(=O)N2CCOC(C)C2)cc1C. The highest BCUT2D eigenvalue weighted by Gasteiger charge is 2.29. The Bertz CT molecular complexity index is 556. The number of benzene rings is 1. The number of sulfonamides is 1. The Labute approximate surface area is 114 Å². The van der Waals surface area contributed by atoms with E-state index < -0.39 is 10.0 Å². The van der Waals surface area contributed by atoms with Crippen molar-refractivity contribution in [3.05, 3.63) is 23.8 Å². The van der Waals surface area contributed by atoms with E-state index in [0.29, 0.717) is 30.3 Å². The van der Waals surface area contributed by atoms with Crippen LogP contribution >= 0.6 is 0 Å². The molecule has 0 aromatic heterocycles. The van der Waals surface area contributed by atoms with Gasteiger partial charge in [-0.1, -0.05) is 0 Å². The fourth-order valence-electron chi connectivity index (χ4n) is 2.17. The Balaban J connectivity index is 2.31. The Kier molecular flexibility index (Phi) is 4.13. The number of methoxy groups -OCH3 is 1. The zero-order chi connectivity index (χ0) is 14.0. The topological polar surface area (TPSA) is 55.8 Å². The summed E-state index contributed by atoms with van der Waals surface area (Å²) in [4.78, 5) is 0.305. The molecule has 6 heteroatoms. The minimum absolute atomic E-state index is 0.0668. The Hall–Kier alpha value is -1.11. The van der Waals surface area contributed by atoms with Gasteiger partial charge in [-0.3, -0.25) is 0 Å². The lowest BCUT2D eigenvalue weighted by atomic mass is 10.2. The number of nitrogens with zero attached hydrogens (tertiary/aromatic N) is 1.